The van der Waals surface area contributed by atoms with Gasteiger partial charge in [0.15, 0.2) is 5.43 Å². The van der Waals surface area contributed by atoms with Crippen LogP contribution in [0.3, 0.4) is 0 Å². The van der Waals surface area contributed by atoms with Gasteiger partial charge in [0.2, 0.25) is 5.88 Å². The van der Waals surface area contributed by atoms with E-state index in [4.69, 9.17) is 4.74 Å². The van der Waals surface area contributed by atoms with Crippen LogP contribution in [0.25, 0.3) is 10.9 Å². The van der Waals surface area contributed by atoms with Crippen molar-refractivity contribution in [1.29, 1.82) is 0 Å². The summed E-state index contributed by atoms with van der Waals surface area (Å²) in [6.45, 7) is 1.84. The Morgan fingerprint density at radius 1 is 1.43 bits per heavy atom. The van der Waals surface area contributed by atoms with Crippen LogP contribution < -0.4 is 10.2 Å². The summed E-state index contributed by atoms with van der Waals surface area (Å²) in [5, 5.41) is 0.580. The Morgan fingerprint density at radius 2 is 2.21 bits per heavy atom. The molecule has 4 nitrogen and oxygen atoms in total. The van der Waals surface area contributed by atoms with Gasteiger partial charge in [-0.15, -0.1) is 0 Å². The average Bonchev–Trinajstić information content (AvgIpc) is 2.16. The smallest absolute Gasteiger partial charge is 0.215 e. The topological polar surface area (TPSA) is 55.0 Å². The summed E-state index contributed by atoms with van der Waals surface area (Å²) < 4.78 is 4.97. The van der Waals surface area contributed by atoms with Crippen molar-refractivity contribution in [2.75, 3.05) is 7.11 Å². The SMILES string of the molecule is COc1cc2[nH]c(C)cc(=O)c2cn1. The van der Waals surface area contributed by atoms with Crippen LogP contribution in [0.1, 0.15) is 5.69 Å². The first-order valence-corrected chi connectivity index (χ1v) is 4.24. The molecule has 2 heterocycles. The Balaban J connectivity index is 2.82. The van der Waals surface area contributed by atoms with E-state index in [1.807, 2.05) is 6.92 Å². The third-order valence-corrected chi connectivity index (χ3v) is 2.03. The number of rotatable bonds is 1. The molecule has 0 spiro atoms. The lowest BCUT2D eigenvalue weighted by molar-refractivity contribution is 0.398. The fourth-order valence-corrected chi connectivity index (χ4v) is 1.37. The number of hydrogen-bond acceptors (Lipinski definition) is 3. The predicted octanol–water partition coefficient (Wildman–Crippen LogP) is 1.24. The number of methoxy groups -OCH3 is 1. The molecule has 0 aromatic carbocycles. The first-order valence-electron chi connectivity index (χ1n) is 4.24. The molecule has 2 aromatic heterocycles. The third kappa shape index (κ3) is 1.35. The van der Waals surface area contributed by atoms with Crippen LogP contribution in [0.15, 0.2) is 23.1 Å². The highest BCUT2D eigenvalue weighted by Gasteiger charge is 2.01. The van der Waals surface area contributed by atoms with E-state index in [1.165, 1.54) is 6.20 Å². The van der Waals surface area contributed by atoms with Crippen LogP contribution in [-0.2, 0) is 0 Å². The van der Waals surface area contributed by atoms with E-state index in [9.17, 15) is 4.79 Å². The lowest BCUT2D eigenvalue weighted by atomic mass is 10.2. The molecule has 0 unspecified atom stereocenters. The molecule has 0 fully saturated rings. The number of ether oxygens (including phenoxy) is 1. The van der Waals surface area contributed by atoms with E-state index in [0.717, 1.165) is 11.2 Å². The van der Waals surface area contributed by atoms with Gasteiger partial charge in [0.25, 0.3) is 0 Å². The maximum Gasteiger partial charge on any atom is 0.215 e. The normalized spacial score (nSPS) is 10.4. The molecule has 2 aromatic rings. The zero-order chi connectivity index (χ0) is 10.1. The number of aryl methyl sites for hydroxylation is 1. The number of nitrogens with one attached hydrogen (secondary N) is 1. The van der Waals surface area contributed by atoms with Crippen molar-refractivity contribution >= 4 is 10.9 Å². The van der Waals surface area contributed by atoms with Crippen LogP contribution in [-0.4, -0.2) is 17.1 Å². The van der Waals surface area contributed by atoms with Gasteiger partial charge in [-0.1, -0.05) is 0 Å². The fraction of sp³-hybridized carbons (Fsp3) is 0.200. The van der Waals surface area contributed by atoms with Crippen LogP contribution in [0, 0.1) is 6.92 Å². The minimum atomic E-state index is -0.0218. The summed E-state index contributed by atoms with van der Waals surface area (Å²) in [6.07, 6.45) is 1.52. The van der Waals surface area contributed by atoms with Gasteiger partial charge in [-0.2, -0.15) is 0 Å². The zero-order valence-electron chi connectivity index (χ0n) is 8.00. The van der Waals surface area contributed by atoms with Crippen molar-refractivity contribution in [3.63, 3.8) is 0 Å². The Hall–Kier alpha value is -1.84. The van der Waals surface area contributed by atoms with E-state index in [-0.39, 0.29) is 5.43 Å². The maximum absolute atomic E-state index is 11.5. The number of hydrogen-bond donors (Lipinski definition) is 1. The molecule has 0 saturated carbocycles. The van der Waals surface area contributed by atoms with Crippen molar-refractivity contribution in [2.24, 2.45) is 0 Å². The van der Waals surface area contributed by atoms with Gasteiger partial charge in [-0.3, -0.25) is 4.79 Å². The summed E-state index contributed by atoms with van der Waals surface area (Å²) in [4.78, 5) is 18.6. The van der Waals surface area contributed by atoms with E-state index in [0.29, 0.717) is 11.3 Å². The summed E-state index contributed by atoms with van der Waals surface area (Å²) in [7, 11) is 1.54. The van der Waals surface area contributed by atoms with Gasteiger partial charge in [0.1, 0.15) is 0 Å². The van der Waals surface area contributed by atoms with Crippen molar-refractivity contribution in [3.05, 3.63) is 34.2 Å². The minimum absolute atomic E-state index is 0.0218. The number of nitrogens with zero attached hydrogens (tertiary/aromatic N) is 1. The molecule has 0 aliphatic heterocycles. The van der Waals surface area contributed by atoms with E-state index in [2.05, 4.69) is 9.97 Å². The summed E-state index contributed by atoms with van der Waals surface area (Å²) >= 11 is 0. The number of pyridine rings is 2. The standard InChI is InChI=1S/C10H10N2O2/c1-6-3-9(13)7-5-11-10(14-2)4-8(7)12-6/h3-5H,1-2H3,(H,12,13). The molecule has 2 rings (SSSR count). The number of fused-ring (bicyclic) bond motifs is 1. The highest BCUT2D eigenvalue weighted by Crippen LogP contribution is 2.12. The maximum atomic E-state index is 11.5. The van der Waals surface area contributed by atoms with Gasteiger partial charge < -0.3 is 9.72 Å². The molecular weight excluding hydrogens is 180 g/mol. The quantitative estimate of drug-likeness (QED) is 0.736. The molecule has 0 radical (unpaired) electrons. The molecule has 1 N–H and O–H groups in total. The van der Waals surface area contributed by atoms with Gasteiger partial charge in [-0.25, -0.2) is 4.98 Å². The Bertz CT molecular complexity index is 531. The first-order chi connectivity index (χ1) is 6.70. The fourth-order valence-electron chi connectivity index (χ4n) is 1.37. The highest BCUT2D eigenvalue weighted by atomic mass is 16.5. The van der Waals surface area contributed by atoms with Crippen LogP contribution in [0.2, 0.25) is 0 Å². The Kier molecular flexibility index (Phi) is 1.96. The molecule has 4 heteroatoms. The van der Waals surface area contributed by atoms with Crippen LogP contribution in [0.4, 0.5) is 0 Å². The Labute approximate surface area is 80.6 Å². The molecule has 0 atom stereocenters. The van der Waals surface area contributed by atoms with Gasteiger partial charge in [0, 0.05) is 24.0 Å². The molecule has 14 heavy (non-hydrogen) atoms. The second-order valence-electron chi connectivity index (χ2n) is 3.09. The second-order valence-corrected chi connectivity index (χ2v) is 3.09. The van der Waals surface area contributed by atoms with Gasteiger partial charge >= 0.3 is 0 Å². The number of aromatic amines is 1. The number of H-pyrrole nitrogens is 1. The predicted molar refractivity (Wildman–Crippen MR) is 53.7 cm³/mol. The van der Waals surface area contributed by atoms with Crippen molar-refractivity contribution < 1.29 is 4.74 Å². The summed E-state index contributed by atoms with van der Waals surface area (Å²) in [5.74, 6) is 0.499. The van der Waals surface area contributed by atoms with E-state index >= 15 is 0 Å². The second kappa shape index (κ2) is 3.14. The van der Waals surface area contributed by atoms with E-state index < -0.39 is 0 Å². The monoisotopic (exact) mass is 190 g/mol. The molecule has 72 valence electrons. The number of aromatic nitrogens is 2. The first kappa shape index (κ1) is 8.74. The molecule has 0 saturated heterocycles. The molecule has 0 aliphatic carbocycles. The highest BCUT2D eigenvalue weighted by molar-refractivity contribution is 5.78. The largest absolute Gasteiger partial charge is 0.481 e. The van der Waals surface area contributed by atoms with Crippen LogP contribution >= 0.6 is 0 Å². The molecule has 0 aliphatic rings. The average molecular weight is 190 g/mol. The zero-order valence-corrected chi connectivity index (χ0v) is 8.00. The van der Waals surface area contributed by atoms with Crippen molar-refractivity contribution in [1.82, 2.24) is 9.97 Å². The van der Waals surface area contributed by atoms with Crippen molar-refractivity contribution in [3.8, 4) is 5.88 Å². The van der Waals surface area contributed by atoms with Gasteiger partial charge in [0.05, 0.1) is 18.0 Å². The van der Waals surface area contributed by atoms with E-state index in [1.54, 1.807) is 19.2 Å². The molecule has 0 amide bonds. The molecule has 0 bridgehead atoms. The Morgan fingerprint density at radius 3 is 2.93 bits per heavy atom. The summed E-state index contributed by atoms with van der Waals surface area (Å²) in [6, 6.07) is 3.26. The lowest BCUT2D eigenvalue weighted by Gasteiger charge is -2.01. The lowest BCUT2D eigenvalue weighted by Crippen LogP contribution is -2.03. The minimum Gasteiger partial charge on any atom is -0.481 e. The molecular formula is C10H10N2O2. The van der Waals surface area contributed by atoms with Gasteiger partial charge in [-0.05, 0) is 6.92 Å². The summed E-state index contributed by atoms with van der Waals surface area (Å²) in [5.41, 5.74) is 1.56. The third-order valence-electron chi connectivity index (χ3n) is 2.03. The van der Waals surface area contributed by atoms with Crippen LogP contribution in [0.5, 0.6) is 5.88 Å². The van der Waals surface area contributed by atoms with Crippen molar-refractivity contribution in [2.45, 2.75) is 6.92 Å².